The van der Waals surface area contributed by atoms with Gasteiger partial charge in [-0.3, -0.25) is 4.79 Å². The first kappa shape index (κ1) is 12.7. The maximum absolute atomic E-state index is 11.2. The van der Waals surface area contributed by atoms with Gasteiger partial charge in [0.25, 0.3) is 0 Å². The maximum atomic E-state index is 11.2. The highest BCUT2D eigenvalue weighted by molar-refractivity contribution is 7.86. The molecule has 7 heteroatoms. The largest absolute Gasteiger partial charge is 0.493 e. The summed E-state index contributed by atoms with van der Waals surface area (Å²) in [7, 11) is -2.27. The predicted octanol–water partition coefficient (Wildman–Crippen LogP) is 0.633. The van der Waals surface area contributed by atoms with Crippen LogP contribution in [0.1, 0.15) is 11.1 Å². The number of rotatable bonds is 3. The van der Waals surface area contributed by atoms with Crippen molar-refractivity contribution in [3.05, 3.63) is 23.3 Å². The SMILES string of the molecule is COc1ccc2c(c1OS(C)(=O)=O)COC(=O)C2. The van der Waals surface area contributed by atoms with Gasteiger partial charge >= 0.3 is 16.1 Å². The predicted molar refractivity (Wildman–Crippen MR) is 62.0 cm³/mol. The molecule has 0 aromatic heterocycles. The van der Waals surface area contributed by atoms with Gasteiger partial charge in [0.2, 0.25) is 0 Å². The van der Waals surface area contributed by atoms with Crippen molar-refractivity contribution in [3.8, 4) is 11.5 Å². The number of benzene rings is 1. The zero-order chi connectivity index (χ0) is 13.3. The number of methoxy groups -OCH3 is 1. The number of carbonyl (C=O) groups is 1. The van der Waals surface area contributed by atoms with Gasteiger partial charge in [-0.05, 0) is 11.6 Å². The number of hydrogen-bond donors (Lipinski definition) is 0. The van der Waals surface area contributed by atoms with Crippen LogP contribution in [0.25, 0.3) is 0 Å². The standard InChI is InChI=1S/C11H12O6S/c1-15-9-4-3-7-5-10(12)16-6-8(7)11(9)17-18(2,13)14/h3-4H,5-6H2,1-2H3. The molecule has 1 aromatic carbocycles. The molecule has 0 saturated heterocycles. The smallest absolute Gasteiger partial charge is 0.310 e. The first-order valence-electron chi connectivity index (χ1n) is 5.14. The van der Waals surface area contributed by atoms with Gasteiger partial charge < -0.3 is 13.7 Å². The van der Waals surface area contributed by atoms with E-state index in [4.69, 9.17) is 13.7 Å². The fraction of sp³-hybridized carbons (Fsp3) is 0.364. The van der Waals surface area contributed by atoms with Crippen LogP contribution in [0.3, 0.4) is 0 Å². The van der Waals surface area contributed by atoms with E-state index in [9.17, 15) is 13.2 Å². The molecular formula is C11H12O6S. The van der Waals surface area contributed by atoms with Crippen molar-refractivity contribution in [2.75, 3.05) is 13.4 Å². The van der Waals surface area contributed by atoms with Crippen molar-refractivity contribution in [2.45, 2.75) is 13.0 Å². The van der Waals surface area contributed by atoms with Gasteiger partial charge in [-0.15, -0.1) is 0 Å². The highest BCUT2D eigenvalue weighted by atomic mass is 32.2. The Labute approximate surface area is 105 Å². The van der Waals surface area contributed by atoms with Crippen LogP contribution in [0.15, 0.2) is 12.1 Å². The van der Waals surface area contributed by atoms with E-state index in [-0.39, 0.29) is 30.5 Å². The Morgan fingerprint density at radius 1 is 1.33 bits per heavy atom. The molecule has 0 aliphatic carbocycles. The minimum absolute atomic E-state index is 0.0176. The lowest BCUT2D eigenvalue weighted by Crippen LogP contribution is -2.18. The molecule has 0 spiro atoms. The Kier molecular flexibility index (Phi) is 3.16. The number of esters is 1. The van der Waals surface area contributed by atoms with E-state index in [0.717, 1.165) is 6.26 Å². The third-order valence-electron chi connectivity index (χ3n) is 2.49. The molecule has 6 nitrogen and oxygen atoms in total. The van der Waals surface area contributed by atoms with Gasteiger partial charge in [0, 0.05) is 5.56 Å². The summed E-state index contributed by atoms with van der Waals surface area (Å²) in [6.07, 6.45) is 1.04. The second kappa shape index (κ2) is 4.49. The molecule has 0 fully saturated rings. The van der Waals surface area contributed by atoms with Crippen LogP contribution in [0.4, 0.5) is 0 Å². The molecule has 1 aromatic rings. The number of ether oxygens (including phenoxy) is 2. The molecule has 0 saturated carbocycles. The number of hydrogen-bond acceptors (Lipinski definition) is 6. The quantitative estimate of drug-likeness (QED) is 0.593. The third-order valence-corrected chi connectivity index (χ3v) is 2.96. The molecule has 18 heavy (non-hydrogen) atoms. The van der Waals surface area contributed by atoms with Crippen molar-refractivity contribution in [3.63, 3.8) is 0 Å². The van der Waals surface area contributed by atoms with E-state index in [1.165, 1.54) is 7.11 Å². The Balaban J connectivity index is 2.54. The van der Waals surface area contributed by atoms with Crippen molar-refractivity contribution in [1.29, 1.82) is 0 Å². The summed E-state index contributed by atoms with van der Waals surface area (Å²) >= 11 is 0. The second-order valence-electron chi connectivity index (χ2n) is 3.86. The van der Waals surface area contributed by atoms with Crippen molar-refractivity contribution in [2.24, 2.45) is 0 Å². The molecule has 0 radical (unpaired) electrons. The molecule has 1 heterocycles. The van der Waals surface area contributed by atoms with Crippen LogP contribution in [-0.4, -0.2) is 27.8 Å². The molecular weight excluding hydrogens is 260 g/mol. The number of carbonyl (C=O) groups excluding carboxylic acids is 1. The van der Waals surface area contributed by atoms with Crippen molar-refractivity contribution in [1.82, 2.24) is 0 Å². The van der Waals surface area contributed by atoms with E-state index in [2.05, 4.69) is 0 Å². The molecule has 98 valence electrons. The highest BCUT2D eigenvalue weighted by Gasteiger charge is 2.25. The molecule has 0 atom stereocenters. The topological polar surface area (TPSA) is 78.9 Å². The fourth-order valence-corrected chi connectivity index (χ4v) is 2.22. The van der Waals surface area contributed by atoms with Crippen LogP contribution in [0.5, 0.6) is 11.5 Å². The Morgan fingerprint density at radius 2 is 2.06 bits per heavy atom. The van der Waals surface area contributed by atoms with E-state index in [1.807, 2.05) is 0 Å². The van der Waals surface area contributed by atoms with Gasteiger partial charge in [0.1, 0.15) is 6.61 Å². The molecule has 1 aliphatic heterocycles. The van der Waals surface area contributed by atoms with Crippen LogP contribution in [0, 0.1) is 0 Å². The molecule has 1 aliphatic rings. The molecule has 0 bridgehead atoms. The van der Waals surface area contributed by atoms with Gasteiger partial charge in [-0.25, -0.2) is 0 Å². The number of cyclic esters (lactones) is 1. The maximum Gasteiger partial charge on any atom is 0.310 e. The fourth-order valence-electron chi connectivity index (χ4n) is 1.73. The summed E-state index contributed by atoms with van der Waals surface area (Å²) in [6, 6.07) is 3.27. The lowest BCUT2D eigenvalue weighted by Gasteiger charge is -2.20. The average Bonchev–Trinajstić information content (AvgIpc) is 2.27. The first-order valence-corrected chi connectivity index (χ1v) is 6.96. The molecule has 0 unspecified atom stereocenters. The van der Waals surface area contributed by atoms with E-state index in [1.54, 1.807) is 12.1 Å². The third kappa shape index (κ3) is 2.56. The summed E-state index contributed by atoms with van der Waals surface area (Å²) in [5.41, 5.74) is 1.21. The minimum Gasteiger partial charge on any atom is -0.493 e. The van der Waals surface area contributed by atoms with E-state index >= 15 is 0 Å². The summed E-state index contributed by atoms with van der Waals surface area (Å²) in [4.78, 5) is 11.2. The van der Waals surface area contributed by atoms with Crippen molar-refractivity contribution < 1.29 is 26.9 Å². The summed E-state index contributed by atoms with van der Waals surface area (Å²) in [5.74, 6) is 0.0279. The summed E-state index contributed by atoms with van der Waals surface area (Å²) in [5, 5.41) is 0. The lowest BCUT2D eigenvalue weighted by atomic mass is 10.0. The van der Waals surface area contributed by atoms with Crippen molar-refractivity contribution >= 4 is 16.1 Å². The zero-order valence-corrected chi connectivity index (χ0v) is 10.7. The van der Waals surface area contributed by atoms with Gasteiger partial charge in [0.05, 0.1) is 19.8 Å². The highest BCUT2D eigenvalue weighted by Crippen LogP contribution is 2.37. The lowest BCUT2D eigenvalue weighted by molar-refractivity contribution is -0.145. The van der Waals surface area contributed by atoms with E-state index < -0.39 is 10.1 Å². The van der Waals surface area contributed by atoms with Gasteiger partial charge in [0.15, 0.2) is 11.5 Å². The van der Waals surface area contributed by atoms with Crippen LogP contribution in [-0.2, 0) is 32.7 Å². The Morgan fingerprint density at radius 3 is 2.67 bits per heavy atom. The normalized spacial score (nSPS) is 14.7. The summed E-state index contributed by atoms with van der Waals surface area (Å²) in [6.45, 7) is -0.0176. The monoisotopic (exact) mass is 272 g/mol. The van der Waals surface area contributed by atoms with Gasteiger partial charge in [-0.1, -0.05) is 6.07 Å². The molecule has 0 amide bonds. The zero-order valence-electron chi connectivity index (χ0n) is 9.93. The first-order chi connectivity index (χ1) is 8.40. The van der Waals surface area contributed by atoms with Gasteiger partial charge in [-0.2, -0.15) is 8.42 Å². The van der Waals surface area contributed by atoms with Crippen LogP contribution in [0.2, 0.25) is 0 Å². The molecule has 2 rings (SSSR count). The second-order valence-corrected chi connectivity index (χ2v) is 5.43. The Bertz CT molecular complexity index is 590. The Hall–Kier alpha value is -1.76. The summed E-state index contributed by atoms with van der Waals surface area (Å²) < 4.78 is 37.3. The number of fused-ring (bicyclic) bond motifs is 1. The average molecular weight is 272 g/mol. The minimum atomic E-state index is -3.68. The van der Waals surface area contributed by atoms with Crippen LogP contribution >= 0.6 is 0 Å². The van der Waals surface area contributed by atoms with Crippen LogP contribution < -0.4 is 8.92 Å². The molecule has 0 N–H and O–H groups in total. The van der Waals surface area contributed by atoms with E-state index in [0.29, 0.717) is 11.1 Å².